The van der Waals surface area contributed by atoms with Crippen LogP contribution in [0.1, 0.15) is 32.4 Å². The van der Waals surface area contributed by atoms with Crippen molar-refractivity contribution >= 4 is 11.8 Å². The third-order valence-corrected chi connectivity index (χ3v) is 4.28. The van der Waals surface area contributed by atoms with E-state index in [2.05, 4.69) is 4.99 Å². The van der Waals surface area contributed by atoms with E-state index in [1.165, 1.54) is 24.8 Å². The van der Waals surface area contributed by atoms with Crippen LogP contribution >= 0.6 is 0 Å². The fraction of sp³-hybridized carbons (Fsp3) is 0.333. The van der Waals surface area contributed by atoms with Crippen LogP contribution in [0.15, 0.2) is 47.1 Å². The largest absolute Gasteiger partial charge is 0.480 e. The molecule has 0 amide bonds. The van der Waals surface area contributed by atoms with Gasteiger partial charge in [-0.3, -0.25) is 0 Å². The van der Waals surface area contributed by atoms with E-state index in [0.717, 1.165) is 17.7 Å². The first-order valence-corrected chi connectivity index (χ1v) is 7.82. The lowest BCUT2D eigenvalue weighted by molar-refractivity contribution is -0.156. The minimum atomic E-state index is -1.50. The summed E-state index contributed by atoms with van der Waals surface area (Å²) in [6.07, 6.45) is 4.14. The van der Waals surface area contributed by atoms with Gasteiger partial charge in [0.05, 0.1) is 11.7 Å². The fourth-order valence-corrected chi connectivity index (χ4v) is 3.22. The number of hydrogen-bond donors (Lipinski definition) is 1. The lowest BCUT2D eigenvalue weighted by Gasteiger charge is -2.33. The van der Waals surface area contributed by atoms with Crippen molar-refractivity contribution in [3.8, 4) is 0 Å². The second-order valence-corrected chi connectivity index (χ2v) is 6.27. The summed E-state index contributed by atoms with van der Waals surface area (Å²) in [5.41, 5.74) is -0.885. The number of amidine groups is 1. The lowest BCUT2D eigenvalue weighted by atomic mass is 10.0. The van der Waals surface area contributed by atoms with Crippen LogP contribution in [-0.2, 0) is 9.53 Å². The number of carbonyl (C=O) groups is 1. The third kappa shape index (κ3) is 2.95. The summed E-state index contributed by atoms with van der Waals surface area (Å²) in [6.45, 7) is 4.81. The van der Waals surface area contributed by atoms with Gasteiger partial charge in [-0.15, -0.1) is 0 Å². The Morgan fingerprint density at radius 2 is 2.00 bits per heavy atom. The number of allylic oxidation sites excluding steroid dienone is 2. The van der Waals surface area contributed by atoms with E-state index >= 15 is 0 Å². The molecule has 2 heterocycles. The van der Waals surface area contributed by atoms with Crippen molar-refractivity contribution in [1.82, 2.24) is 4.90 Å². The van der Waals surface area contributed by atoms with E-state index in [1.54, 1.807) is 18.4 Å². The van der Waals surface area contributed by atoms with Gasteiger partial charge in [-0.05, 0) is 44.6 Å². The average molecular weight is 348 g/mol. The molecule has 0 radical (unpaired) electrons. The van der Waals surface area contributed by atoms with Crippen LogP contribution in [0, 0.1) is 11.6 Å². The van der Waals surface area contributed by atoms with Gasteiger partial charge >= 0.3 is 5.97 Å². The van der Waals surface area contributed by atoms with E-state index in [1.807, 2.05) is 6.92 Å². The Kier molecular flexibility index (Phi) is 4.20. The zero-order valence-electron chi connectivity index (χ0n) is 14.0. The highest BCUT2D eigenvalue weighted by molar-refractivity contribution is 6.00. The van der Waals surface area contributed by atoms with E-state index in [4.69, 9.17) is 4.74 Å². The zero-order chi connectivity index (χ0) is 18.4. The molecule has 0 saturated heterocycles. The number of carboxylic acid groups (broad SMARTS) is 1. The van der Waals surface area contributed by atoms with Crippen molar-refractivity contribution in [3.63, 3.8) is 0 Å². The molecule has 0 spiro atoms. The van der Waals surface area contributed by atoms with Crippen LogP contribution in [0.25, 0.3) is 0 Å². The second-order valence-electron chi connectivity index (χ2n) is 6.27. The Hall–Kier alpha value is -2.54. The Balaban J connectivity index is 1.96. The molecule has 7 heteroatoms. The number of rotatable bonds is 4. The highest BCUT2D eigenvalue weighted by atomic mass is 19.1. The molecule has 0 aromatic heterocycles. The van der Waals surface area contributed by atoms with Crippen LogP contribution in [0.4, 0.5) is 8.78 Å². The van der Waals surface area contributed by atoms with Crippen molar-refractivity contribution in [2.45, 2.75) is 38.6 Å². The van der Waals surface area contributed by atoms with Gasteiger partial charge in [0.25, 0.3) is 0 Å². The van der Waals surface area contributed by atoms with Gasteiger partial charge in [-0.1, -0.05) is 12.1 Å². The van der Waals surface area contributed by atoms with Crippen molar-refractivity contribution in [3.05, 3.63) is 59.3 Å². The number of halogens is 2. The fourth-order valence-electron chi connectivity index (χ4n) is 3.22. The maximum atomic E-state index is 14.0. The third-order valence-electron chi connectivity index (χ3n) is 4.28. The van der Waals surface area contributed by atoms with Gasteiger partial charge < -0.3 is 14.7 Å². The monoisotopic (exact) mass is 348 g/mol. The number of carboxylic acids is 1. The maximum Gasteiger partial charge on any atom is 0.331 e. The quantitative estimate of drug-likeness (QED) is 0.906. The molecule has 1 aromatic carbocycles. The lowest BCUT2D eigenvalue weighted by Crippen LogP contribution is -2.50. The molecule has 1 N–H and O–H groups in total. The number of benzene rings is 1. The molecule has 25 heavy (non-hydrogen) atoms. The standard InChI is InChI=1S/C18H18F2N2O3/c1-10-7-8-14-21-18(3,16(17(23)24)22(14)9-10)25-11(2)15-12(19)5-4-6-13(15)20/h4-9,11,16H,1-3H3,(H,23,24). The zero-order valence-corrected chi connectivity index (χ0v) is 14.0. The highest BCUT2D eigenvalue weighted by Gasteiger charge is 2.51. The number of aliphatic imine (C=N–C) groups is 1. The summed E-state index contributed by atoms with van der Waals surface area (Å²) >= 11 is 0. The molecular formula is C18H18F2N2O3. The maximum absolute atomic E-state index is 14.0. The van der Waals surface area contributed by atoms with Crippen LogP contribution in [0.3, 0.4) is 0 Å². The van der Waals surface area contributed by atoms with Gasteiger partial charge in [0, 0.05) is 6.20 Å². The summed E-state index contributed by atoms with van der Waals surface area (Å²) in [4.78, 5) is 17.7. The Bertz CT molecular complexity index is 798. The smallest absolute Gasteiger partial charge is 0.331 e. The molecule has 2 aliphatic heterocycles. The number of fused-ring (bicyclic) bond motifs is 1. The summed E-state index contributed by atoms with van der Waals surface area (Å²) < 4.78 is 33.8. The summed E-state index contributed by atoms with van der Waals surface area (Å²) in [6, 6.07) is 2.39. The Morgan fingerprint density at radius 3 is 2.60 bits per heavy atom. The summed E-state index contributed by atoms with van der Waals surface area (Å²) in [7, 11) is 0. The molecule has 1 aromatic rings. The average Bonchev–Trinajstić information content (AvgIpc) is 2.77. The van der Waals surface area contributed by atoms with Crippen molar-refractivity contribution in [2.24, 2.45) is 4.99 Å². The predicted octanol–water partition coefficient (Wildman–Crippen LogP) is 3.40. The van der Waals surface area contributed by atoms with Crippen LogP contribution < -0.4 is 0 Å². The van der Waals surface area contributed by atoms with Crippen LogP contribution in [0.2, 0.25) is 0 Å². The van der Waals surface area contributed by atoms with Crippen molar-refractivity contribution < 1.29 is 23.4 Å². The molecule has 5 nitrogen and oxygen atoms in total. The highest BCUT2D eigenvalue weighted by Crippen LogP contribution is 2.37. The van der Waals surface area contributed by atoms with E-state index in [0.29, 0.717) is 5.84 Å². The minimum absolute atomic E-state index is 0.250. The van der Waals surface area contributed by atoms with Crippen LogP contribution in [0.5, 0.6) is 0 Å². The first kappa shape index (κ1) is 17.3. The number of ether oxygens (including phenoxy) is 1. The van der Waals surface area contributed by atoms with Gasteiger partial charge in [0.15, 0.2) is 11.8 Å². The van der Waals surface area contributed by atoms with E-state index in [-0.39, 0.29) is 5.56 Å². The molecular weight excluding hydrogens is 330 g/mol. The molecule has 132 valence electrons. The van der Waals surface area contributed by atoms with Gasteiger partial charge in [0.1, 0.15) is 17.5 Å². The van der Waals surface area contributed by atoms with Crippen LogP contribution in [-0.4, -0.2) is 33.6 Å². The van der Waals surface area contributed by atoms with Crippen molar-refractivity contribution in [2.75, 3.05) is 0 Å². The second kappa shape index (κ2) is 6.07. The number of nitrogens with zero attached hydrogens (tertiary/aromatic N) is 2. The molecule has 3 unspecified atom stereocenters. The van der Waals surface area contributed by atoms with Gasteiger partial charge in [-0.2, -0.15) is 0 Å². The summed E-state index contributed by atoms with van der Waals surface area (Å²) in [5, 5.41) is 9.67. The molecule has 3 atom stereocenters. The molecule has 0 bridgehead atoms. The number of hydrogen-bond acceptors (Lipinski definition) is 4. The minimum Gasteiger partial charge on any atom is -0.480 e. The normalized spacial score (nSPS) is 26.1. The number of aliphatic carboxylic acids is 1. The summed E-state index contributed by atoms with van der Waals surface area (Å²) in [5.74, 6) is -2.20. The Labute approximate surface area is 143 Å². The van der Waals surface area contributed by atoms with E-state index < -0.39 is 35.5 Å². The first-order chi connectivity index (χ1) is 11.7. The molecule has 2 aliphatic rings. The molecule has 0 aliphatic carbocycles. The van der Waals surface area contributed by atoms with Crippen molar-refractivity contribution in [1.29, 1.82) is 0 Å². The Morgan fingerprint density at radius 1 is 1.36 bits per heavy atom. The molecule has 0 fully saturated rings. The predicted molar refractivity (Wildman–Crippen MR) is 87.9 cm³/mol. The topological polar surface area (TPSA) is 62.1 Å². The molecule has 0 saturated carbocycles. The molecule has 3 rings (SSSR count). The SMILES string of the molecule is CC1=CN2C(=NC(C)(OC(C)c3c(F)cccc3F)C2C(=O)O)C=C1. The first-order valence-electron chi connectivity index (χ1n) is 7.82. The van der Waals surface area contributed by atoms with E-state index in [9.17, 15) is 18.7 Å². The van der Waals surface area contributed by atoms with Gasteiger partial charge in [-0.25, -0.2) is 18.6 Å². The van der Waals surface area contributed by atoms with Gasteiger partial charge in [0.2, 0.25) is 0 Å².